The van der Waals surface area contributed by atoms with Crippen molar-refractivity contribution < 1.29 is 9.18 Å². The predicted octanol–water partition coefficient (Wildman–Crippen LogP) is 4.14. The molecule has 3 rings (SSSR count). The molecular formula is C16H13ClFNOS. The Kier molecular flexibility index (Phi) is 4.08. The topological polar surface area (TPSA) is 20.3 Å². The van der Waals surface area contributed by atoms with Crippen molar-refractivity contribution in [2.45, 2.75) is 13.0 Å². The SMILES string of the molecule is O=C(C=Cc1c(F)cccc1Cl)N1CCc2sccc2C1. The van der Waals surface area contributed by atoms with Crippen molar-refractivity contribution in [3.8, 4) is 0 Å². The molecule has 0 atom stereocenters. The highest BCUT2D eigenvalue weighted by Gasteiger charge is 2.19. The van der Waals surface area contributed by atoms with E-state index in [-0.39, 0.29) is 11.5 Å². The van der Waals surface area contributed by atoms with Gasteiger partial charge in [-0.2, -0.15) is 0 Å². The van der Waals surface area contributed by atoms with Gasteiger partial charge < -0.3 is 4.90 Å². The monoisotopic (exact) mass is 321 g/mol. The third kappa shape index (κ3) is 3.01. The summed E-state index contributed by atoms with van der Waals surface area (Å²) in [4.78, 5) is 15.3. The molecule has 1 aliphatic rings. The Hall–Kier alpha value is -1.65. The summed E-state index contributed by atoms with van der Waals surface area (Å²) in [6.07, 6.45) is 3.72. The smallest absolute Gasteiger partial charge is 0.246 e. The summed E-state index contributed by atoms with van der Waals surface area (Å²) in [6.45, 7) is 1.31. The lowest BCUT2D eigenvalue weighted by Crippen LogP contribution is -2.34. The van der Waals surface area contributed by atoms with E-state index in [1.165, 1.54) is 28.7 Å². The first kappa shape index (κ1) is 14.3. The molecule has 108 valence electrons. The highest BCUT2D eigenvalue weighted by Crippen LogP contribution is 2.25. The highest BCUT2D eigenvalue weighted by molar-refractivity contribution is 7.10. The van der Waals surface area contributed by atoms with Crippen LogP contribution in [0.15, 0.2) is 35.7 Å². The van der Waals surface area contributed by atoms with Crippen LogP contribution >= 0.6 is 22.9 Å². The quantitative estimate of drug-likeness (QED) is 0.761. The fourth-order valence-corrected chi connectivity index (χ4v) is 3.48. The Labute approximate surface area is 131 Å². The Morgan fingerprint density at radius 3 is 3.05 bits per heavy atom. The summed E-state index contributed by atoms with van der Waals surface area (Å²) in [6, 6.07) is 6.53. The van der Waals surface area contributed by atoms with Gasteiger partial charge in [0.25, 0.3) is 0 Å². The number of hydrogen-bond donors (Lipinski definition) is 0. The van der Waals surface area contributed by atoms with Gasteiger partial charge in [-0.3, -0.25) is 4.79 Å². The Bertz CT molecular complexity index is 690. The Morgan fingerprint density at radius 1 is 1.38 bits per heavy atom. The third-order valence-electron chi connectivity index (χ3n) is 3.51. The van der Waals surface area contributed by atoms with E-state index in [4.69, 9.17) is 11.6 Å². The van der Waals surface area contributed by atoms with Gasteiger partial charge in [-0.1, -0.05) is 17.7 Å². The number of carbonyl (C=O) groups excluding carboxylic acids is 1. The highest BCUT2D eigenvalue weighted by atomic mass is 35.5. The van der Waals surface area contributed by atoms with Crippen LogP contribution in [0, 0.1) is 5.82 Å². The van der Waals surface area contributed by atoms with Gasteiger partial charge in [0.2, 0.25) is 5.91 Å². The van der Waals surface area contributed by atoms with E-state index >= 15 is 0 Å². The number of amides is 1. The fraction of sp³-hybridized carbons (Fsp3) is 0.188. The van der Waals surface area contributed by atoms with Crippen LogP contribution in [0.2, 0.25) is 5.02 Å². The van der Waals surface area contributed by atoms with Crippen LogP contribution < -0.4 is 0 Å². The normalized spacial score (nSPS) is 14.5. The molecule has 0 fully saturated rings. The van der Waals surface area contributed by atoms with Crippen molar-refractivity contribution >= 4 is 34.9 Å². The molecule has 0 aliphatic carbocycles. The Morgan fingerprint density at radius 2 is 2.24 bits per heavy atom. The molecule has 0 saturated heterocycles. The first-order valence-electron chi connectivity index (χ1n) is 6.61. The molecule has 21 heavy (non-hydrogen) atoms. The second-order valence-electron chi connectivity index (χ2n) is 4.85. The van der Waals surface area contributed by atoms with Crippen LogP contribution in [0.4, 0.5) is 4.39 Å². The lowest BCUT2D eigenvalue weighted by atomic mass is 10.1. The van der Waals surface area contributed by atoms with Crippen LogP contribution in [0.25, 0.3) is 6.08 Å². The molecule has 1 aromatic heterocycles. The molecule has 0 N–H and O–H groups in total. The largest absolute Gasteiger partial charge is 0.334 e. The van der Waals surface area contributed by atoms with Crippen molar-refractivity contribution in [2.24, 2.45) is 0 Å². The summed E-state index contributed by atoms with van der Waals surface area (Å²) >= 11 is 7.67. The molecule has 1 aromatic carbocycles. The molecule has 0 saturated carbocycles. The molecule has 0 bridgehead atoms. The van der Waals surface area contributed by atoms with Crippen LogP contribution in [0.3, 0.4) is 0 Å². The van der Waals surface area contributed by atoms with E-state index < -0.39 is 5.82 Å². The first-order valence-corrected chi connectivity index (χ1v) is 7.87. The number of benzene rings is 1. The van der Waals surface area contributed by atoms with Gasteiger partial charge >= 0.3 is 0 Å². The average Bonchev–Trinajstić information content (AvgIpc) is 2.93. The van der Waals surface area contributed by atoms with Gasteiger partial charge in [0, 0.05) is 29.6 Å². The second kappa shape index (κ2) is 6.00. The van der Waals surface area contributed by atoms with Crippen LogP contribution in [0.5, 0.6) is 0 Å². The van der Waals surface area contributed by atoms with Crippen molar-refractivity contribution in [2.75, 3.05) is 6.54 Å². The number of carbonyl (C=O) groups is 1. The number of nitrogens with zero attached hydrogens (tertiary/aromatic N) is 1. The van der Waals surface area contributed by atoms with Crippen molar-refractivity contribution in [3.05, 3.63) is 62.6 Å². The van der Waals surface area contributed by atoms with Gasteiger partial charge in [0.15, 0.2) is 0 Å². The molecule has 1 amide bonds. The summed E-state index contributed by atoms with van der Waals surface area (Å²) in [5.41, 5.74) is 1.46. The molecule has 0 spiro atoms. The summed E-state index contributed by atoms with van der Waals surface area (Å²) in [5, 5.41) is 2.35. The van der Waals surface area contributed by atoms with E-state index in [0.717, 1.165) is 6.42 Å². The maximum atomic E-state index is 13.6. The summed E-state index contributed by atoms with van der Waals surface area (Å²) < 4.78 is 13.6. The molecule has 1 aliphatic heterocycles. The molecule has 5 heteroatoms. The zero-order chi connectivity index (χ0) is 14.8. The molecule has 2 nitrogen and oxygen atoms in total. The Balaban J connectivity index is 1.74. The molecule has 2 aromatic rings. The zero-order valence-corrected chi connectivity index (χ0v) is 12.8. The number of rotatable bonds is 2. The van der Waals surface area contributed by atoms with Gasteiger partial charge in [-0.15, -0.1) is 11.3 Å². The lowest BCUT2D eigenvalue weighted by Gasteiger charge is -2.25. The van der Waals surface area contributed by atoms with Crippen molar-refractivity contribution in [3.63, 3.8) is 0 Å². The molecule has 2 heterocycles. The standard InChI is InChI=1S/C16H13ClFNOS/c17-13-2-1-3-14(18)12(13)4-5-16(20)19-8-6-15-11(10-19)7-9-21-15/h1-5,7,9H,6,8,10H2. The minimum absolute atomic E-state index is 0.119. The van der Waals surface area contributed by atoms with E-state index in [9.17, 15) is 9.18 Å². The van der Waals surface area contributed by atoms with E-state index in [1.54, 1.807) is 28.4 Å². The second-order valence-corrected chi connectivity index (χ2v) is 6.26. The zero-order valence-electron chi connectivity index (χ0n) is 11.2. The van der Waals surface area contributed by atoms with Crippen LogP contribution in [-0.4, -0.2) is 17.4 Å². The van der Waals surface area contributed by atoms with E-state index in [1.807, 2.05) is 5.38 Å². The van der Waals surface area contributed by atoms with Gasteiger partial charge in [-0.05, 0) is 41.6 Å². The summed E-state index contributed by atoms with van der Waals surface area (Å²) in [7, 11) is 0. The fourth-order valence-electron chi connectivity index (χ4n) is 2.37. The number of thiophene rings is 1. The number of fused-ring (bicyclic) bond motifs is 1. The minimum Gasteiger partial charge on any atom is -0.334 e. The van der Waals surface area contributed by atoms with Crippen LogP contribution in [0.1, 0.15) is 16.0 Å². The third-order valence-corrected chi connectivity index (χ3v) is 4.86. The van der Waals surface area contributed by atoms with Gasteiger partial charge in [-0.25, -0.2) is 4.39 Å². The van der Waals surface area contributed by atoms with E-state index in [0.29, 0.717) is 18.1 Å². The maximum Gasteiger partial charge on any atom is 0.246 e. The number of hydrogen-bond acceptors (Lipinski definition) is 2. The molecule has 0 radical (unpaired) electrons. The van der Waals surface area contributed by atoms with Gasteiger partial charge in [0.05, 0.1) is 5.02 Å². The summed E-state index contributed by atoms with van der Waals surface area (Å²) in [5.74, 6) is -0.545. The van der Waals surface area contributed by atoms with Crippen LogP contribution in [-0.2, 0) is 17.8 Å². The van der Waals surface area contributed by atoms with Crippen molar-refractivity contribution in [1.29, 1.82) is 0 Å². The predicted molar refractivity (Wildman–Crippen MR) is 83.9 cm³/mol. The maximum absolute atomic E-state index is 13.6. The molecule has 0 unspecified atom stereocenters. The van der Waals surface area contributed by atoms with E-state index in [2.05, 4.69) is 6.07 Å². The lowest BCUT2D eigenvalue weighted by molar-refractivity contribution is -0.126. The minimum atomic E-state index is -0.426. The molecular weight excluding hydrogens is 309 g/mol. The number of halogens is 2. The van der Waals surface area contributed by atoms with Crippen molar-refractivity contribution in [1.82, 2.24) is 4.90 Å². The average molecular weight is 322 g/mol. The van der Waals surface area contributed by atoms with Gasteiger partial charge in [0.1, 0.15) is 5.82 Å². The first-order chi connectivity index (χ1) is 10.1.